The van der Waals surface area contributed by atoms with E-state index in [0.717, 1.165) is 11.3 Å². The van der Waals surface area contributed by atoms with Crippen molar-refractivity contribution in [2.45, 2.75) is 6.04 Å². The van der Waals surface area contributed by atoms with Gasteiger partial charge in [-0.05, 0) is 35.2 Å². The number of halogens is 2. The van der Waals surface area contributed by atoms with Gasteiger partial charge in [0.1, 0.15) is 5.82 Å². The molecule has 6 nitrogen and oxygen atoms in total. The molecule has 31 heavy (non-hydrogen) atoms. The molecule has 1 amide bonds. The first-order chi connectivity index (χ1) is 15.0. The van der Waals surface area contributed by atoms with Crippen LogP contribution in [-0.4, -0.2) is 26.8 Å². The largest absolute Gasteiger partial charge is 0.503 e. The fraction of sp³-hybridized carbons (Fsp3) is 0.0476. The molecule has 0 aliphatic carbocycles. The van der Waals surface area contributed by atoms with E-state index in [4.69, 9.17) is 11.6 Å². The Balaban J connectivity index is 1.68. The molecule has 4 heterocycles. The second kappa shape index (κ2) is 7.52. The summed E-state index contributed by atoms with van der Waals surface area (Å²) in [5.74, 6) is -2.46. The van der Waals surface area contributed by atoms with E-state index in [1.807, 2.05) is 0 Å². The Labute approximate surface area is 187 Å². The number of fused-ring (bicyclic) bond motifs is 1. The average Bonchev–Trinajstić information content (AvgIpc) is 3.48. The molecule has 1 aliphatic rings. The molecule has 5 rings (SSSR count). The molecule has 0 saturated heterocycles. The van der Waals surface area contributed by atoms with Gasteiger partial charge in [-0.3, -0.25) is 19.5 Å². The van der Waals surface area contributed by atoms with Crippen LogP contribution in [0.15, 0.2) is 65.5 Å². The van der Waals surface area contributed by atoms with Crippen molar-refractivity contribution in [3.63, 3.8) is 0 Å². The molecule has 1 aromatic carbocycles. The standard InChI is InChI=1S/C21H11ClFN3O3S2/c22-11-7-13-15(8-12(11)23)31-21(25-13)26-17(10-3-1-5-24-9-10)16(19(28)20(26)29)18(27)14-4-2-6-30-14/h1-9,17,28H. The summed E-state index contributed by atoms with van der Waals surface area (Å²) in [5.41, 5.74) is 0.883. The summed E-state index contributed by atoms with van der Waals surface area (Å²) in [6.45, 7) is 0. The number of thiazole rings is 1. The van der Waals surface area contributed by atoms with Crippen LogP contribution in [0.4, 0.5) is 9.52 Å². The summed E-state index contributed by atoms with van der Waals surface area (Å²) in [7, 11) is 0. The number of aliphatic hydroxyl groups is 1. The van der Waals surface area contributed by atoms with E-state index in [0.29, 0.717) is 20.7 Å². The number of anilines is 1. The third kappa shape index (κ3) is 3.21. The van der Waals surface area contributed by atoms with Crippen molar-refractivity contribution < 1.29 is 19.1 Å². The number of aromatic nitrogens is 2. The number of hydrogen-bond acceptors (Lipinski definition) is 7. The number of nitrogens with zero attached hydrogens (tertiary/aromatic N) is 3. The molecule has 0 bridgehead atoms. The molecule has 1 aliphatic heterocycles. The molecule has 4 aromatic rings. The number of carbonyl (C=O) groups excluding carboxylic acids is 2. The average molecular weight is 472 g/mol. The number of pyridine rings is 1. The molecular weight excluding hydrogens is 461 g/mol. The van der Waals surface area contributed by atoms with Crippen LogP contribution in [0, 0.1) is 5.82 Å². The highest BCUT2D eigenvalue weighted by Gasteiger charge is 2.46. The van der Waals surface area contributed by atoms with Crippen LogP contribution in [-0.2, 0) is 4.79 Å². The van der Waals surface area contributed by atoms with E-state index in [2.05, 4.69) is 9.97 Å². The maximum absolute atomic E-state index is 13.9. The number of carbonyl (C=O) groups is 2. The van der Waals surface area contributed by atoms with Crippen molar-refractivity contribution >= 4 is 61.3 Å². The number of rotatable bonds is 4. The Hall–Kier alpha value is -3.14. The number of benzene rings is 1. The maximum atomic E-state index is 13.9. The second-order valence-electron chi connectivity index (χ2n) is 6.66. The monoisotopic (exact) mass is 471 g/mol. The molecule has 0 radical (unpaired) electrons. The molecule has 0 fully saturated rings. The summed E-state index contributed by atoms with van der Waals surface area (Å²) in [5, 5.41) is 12.6. The lowest BCUT2D eigenvalue weighted by atomic mass is 9.97. The minimum Gasteiger partial charge on any atom is -0.503 e. The summed E-state index contributed by atoms with van der Waals surface area (Å²) in [6, 6.07) is 8.41. The SMILES string of the molecule is O=C(C1=C(O)C(=O)N(c2nc3cc(Cl)c(F)cc3s2)C1c1cccnc1)c1cccs1. The van der Waals surface area contributed by atoms with Gasteiger partial charge in [0.2, 0.25) is 5.78 Å². The fourth-order valence-electron chi connectivity index (χ4n) is 3.44. The number of ketones is 1. The van der Waals surface area contributed by atoms with Crippen LogP contribution in [0.3, 0.4) is 0 Å². The molecule has 154 valence electrons. The molecular formula is C21H11ClFN3O3S2. The number of aliphatic hydroxyl groups excluding tert-OH is 1. The number of amides is 1. The Kier molecular flexibility index (Phi) is 4.81. The zero-order valence-electron chi connectivity index (χ0n) is 15.5. The van der Waals surface area contributed by atoms with Crippen LogP contribution >= 0.6 is 34.3 Å². The zero-order valence-corrected chi connectivity index (χ0v) is 17.8. The summed E-state index contributed by atoms with van der Waals surface area (Å²) in [4.78, 5) is 36.4. The first-order valence-electron chi connectivity index (χ1n) is 8.96. The van der Waals surface area contributed by atoms with Crippen LogP contribution in [0.1, 0.15) is 21.3 Å². The predicted octanol–water partition coefficient (Wildman–Crippen LogP) is 5.33. The summed E-state index contributed by atoms with van der Waals surface area (Å²) < 4.78 is 14.4. The van der Waals surface area contributed by atoms with Crippen LogP contribution in [0.25, 0.3) is 10.2 Å². The molecule has 1 atom stereocenters. The Morgan fingerprint density at radius 1 is 1.26 bits per heavy atom. The summed E-state index contributed by atoms with van der Waals surface area (Å²) >= 11 is 8.14. The zero-order chi connectivity index (χ0) is 21.7. The second-order valence-corrected chi connectivity index (χ2v) is 9.03. The van der Waals surface area contributed by atoms with Gasteiger partial charge in [-0.1, -0.05) is 35.1 Å². The molecule has 3 aromatic heterocycles. The van der Waals surface area contributed by atoms with E-state index in [9.17, 15) is 19.1 Å². The minimum absolute atomic E-state index is 0.0519. The van der Waals surface area contributed by atoms with Gasteiger partial charge in [0.25, 0.3) is 5.91 Å². The first kappa shape index (κ1) is 19.8. The highest BCUT2D eigenvalue weighted by atomic mass is 35.5. The third-order valence-electron chi connectivity index (χ3n) is 4.82. The van der Waals surface area contributed by atoms with Crippen molar-refractivity contribution in [2.24, 2.45) is 0 Å². The first-order valence-corrected chi connectivity index (χ1v) is 11.0. The molecule has 0 spiro atoms. The van der Waals surface area contributed by atoms with Crippen molar-refractivity contribution in [1.82, 2.24) is 9.97 Å². The van der Waals surface area contributed by atoms with Crippen LogP contribution in [0.5, 0.6) is 0 Å². The lowest BCUT2D eigenvalue weighted by molar-refractivity contribution is -0.117. The Bertz CT molecular complexity index is 1330. The number of hydrogen-bond donors (Lipinski definition) is 1. The summed E-state index contributed by atoms with van der Waals surface area (Å²) in [6.07, 6.45) is 3.09. The van der Waals surface area contributed by atoms with Crippen LogP contribution < -0.4 is 4.90 Å². The van der Waals surface area contributed by atoms with Gasteiger partial charge in [-0.25, -0.2) is 9.37 Å². The Morgan fingerprint density at radius 3 is 2.81 bits per heavy atom. The maximum Gasteiger partial charge on any atom is 0.296 e. The highest BCUT2D eigenvalue weighted by molar-refractivity contribution is 7.22. The van der Waals surface area contributed by atoms with E-state index in [1.54, 1.807) is 35.8 Å². The number of Topliss-reactive ketones (excluding diaryl/α,β-unsaturated/α-hetero) is 1. The van der Waals surface area contributed by atoms with Gasteiger partial charge < -0.3 is 5.11 Å². The lowest BCUT2D eigenvalue weighted by Crippen LogP contribution is -2.31. The van der Waals surface area contributed by atoms with Crippen LogP contribution in [0.2, 0.25) is 5.02 Å². The van der Waals surface area contributed by atoms with Crippen molar-refractivity contribution in [2.75, 3.05) is 4.90 Å². The molecule has 10 heteroatoms. The smallest absolute Gasteiger partial charge is 0.296 e. The van der Waals surface area contributed by atoms with Gasteiger partial charge >= 0.3 is 0 Å². The molecule has 1 unspecified atom stereocenters. The lowest BCUT2D eigenvalue weighted by Gasteiger charge is -2.23. The van der Waals surface area contributed by atoms with E-state index < -0.39 is 29.3 Å². The quantitative estimate of drug-likeness (QED) is 0.407. The van der Waals surface area contributed by atoms with Gasteiger partial charge in [0.15, 0.2) is 10.9 Å². The van der Waals surface area contributed by atoms with Crippen molar-refractivity contribution in [3.05, 3.63) is 86.8 Å². The van der Waals surface area contributed by atoms with Gasteiger partial charge in [-0.2, -0.15) is 0 Å². The minimum atomic E-state index is -0.934. The molecule has 0 saturated carbocycles. The van der Waals surface area contributed by atoms with Gasteiger partial charge in [0.05, 0.1) is 31.7 Å². The van der Waals surface area contributed by atoms with Crippen molar-refractivity contribution in [1.29, 1.82) is 0 Å². The normalized spacial score (nSPS) is 16.5. The topological polar surface area (TPSA) is 83.4 Å². The fourth-order valence-corrected chi connectivity index (χ4v) is 5.28. The Morgan fingerprint density at radius 2 is 2.10 bits per heavy atom. The van der Waals surface area contributed by atoms with E-state index in [1.165, 1.54) is 34.6 Å². The van der Waals surface area contributed by atoms with Gasteiger partial charge in [0, 0.05) is 12.4 Å². The van der Waals surface area contributed by atoms with Crippen molar-refractivity contribution in [3.8, 4) is 0 Å². The van der Waals surface area contributed by atoms with E-state index in [-0.39, 0.29) is 15.7 Å². The third-order valence-corrected chi connectivity index (χ3v) is 7.00. The van der Waals surface area contributed by atoms with E-state index >= 15 is 0 Å². The molecule has 1 N–H and O–H groups in total. The highest BCUT2D eigenvalue weighted by Crippen LogP contribution is 2.44. The number of thiophene rings is 1. The predicted molar refractivity (Wildman–Crippen MR) is 117 cm³/mol. The van der Waals surface area contributed by atoms with Gasteiger partial charge in [-0.15, -0.1) is 11.3 Å².